The number of benzene rings is 7. The number of hydrogen-bond donors (Lipinski definition) is 6. The van der Waals surface area contributed by atoms with Crippen LogP contribution in [0.3, 0.4) is 0 Å². The number of ketones is 3. The second-order valence-corrected chi connectivity index (χ2v) is 29.6. The fourth-order valence-corrected chi connectivity index (χ4v) is 15.9. The van der Waals surface area contributed by atoms with E-state index in [0.29, 0.717) is 57.8 Å². The molecule has 3 aliphatic rings. The molecular formula is C90H108N6O9. The molecule has 0 radical (unpaired) electrons. The smallest absolute Gasteiger partial charge is 0.292 e. The third-order valence-electron chi connectivity index (χ3n) is 21.8. The molecule has 3 fully saturated rings. The molecule has 3 aliphatic carbocycles. The molecular weight excluding hydrogens is 1310 g/mol. The SMILES string of the molecule is O=C(NC1CCCC[C@H]1C(=O)NC(CCCc1ccccc1)CCCc1ccccc1)C(=O)c1cc(C(=O)C(=O)N[C@H]2CCCC[C@H]2C(=O)NC(CCCc2ccccc2)CCCc2ccccc2)cc(C(=O)C(=O)N[C@H]2CCCC[C@H]2C(=O)NC(CCCc2ccccc2)CCCc2ccccc2)c1. The number of Topliss-reactive ketones (excluding diaryl/α,β-unsaturated/α-hetero) is 3. The molecule has 10 rings (SSSR count). The minimum atomic E-state index is -1.14. The van der Waals surface area contributed by atoms with Gasteiger partial charge in [0.25, 0.3) is 17.7 Å². The van der Waals surface area contributed by atoms with Crippen LogP contribution in [0.15, 0.2) is 200 Å². The number of rotatable bonds is 39. The molecule has 6 N–H and O–H groups in total. The van der Waals surface area contributed by atoms with E-state index in [9.17, 15) is 43.2 Å². The minimum absolute atomic E-state index is 0.140. The number of carbonyl (C=O) groups is 9. The molecule has 0 bridgehead atoms. The Morgan fingerprint density at radius 1 is 0.267 bits per heavy atom. The molecule has 552 valence electrons. The number of amides is 6. The summed E-state index contributed by atoms with van der Waals surface area (Å²) in [5, 5.41) is 18.7. The zero-order chi connectivity index (χ0) is 73.4. The van der Waals surface area contributed by atoms with Gasteiger partial charge in [-0.2, -0.15) is 0 Å². The fraction of sp³-hybridized carbons (Fsp3) is 0.433. The highest BCUT2D eigenvalue weighted by Gasteiger charge is 2.39. The molecule has 0 saturated heterocycles. The van der Waals surface area contributed by atoms with E-state index < -0.39 is 87.6 Å². The van der Waals surface area contributed by atoms with Crippen LogP contribution in [0.4, 0.5) is 0 Å². The van der Waals surface area contributed by atoms with Gasteiger partial charge in [-0.05, 0) is 206 Å². The number of carbonyl (C=O) groups excluding carboxylic acids is 9. The van der Waals surface area contributed by atoms with Crippen LogP contribution in [0, 0.1) is 17.8 Å². The molecule has 15 heteroatoms. The van der Waals surface area contributed by atoms with E-state index in [1.807, 2.05) is 109 Å². The summed E-state index contributed by atoms with van der Waals surface area (Å²) in [4.78, 5) is 132. The minimum Gasteiger partial charge on any atom is -0.353 e. The standard InChI is InChI=1S/C90H108N6O9/c97-82(88(103)94-79-58-22-19-55-76(79)85(100)91-73(49-25-43-64-31-7-1-8-32-64)50-26-44-65-33-9-2-10-34-65)70-61-71(83(98)89(104)95-80-59-23-20-56-77(80)86(101)92-74(51-27-45-66-35-11-3-12-36-66)52-28-46-67-37-13-4-14-38-67)63-72(62-70)84(99)90(105)96-81-60-24-21-57-78(81)87(102)93-75(53-29-47-68-39-15-5-16-40-68)54-30-48-69-41-17-6-18-42-69/h1-18,31-42,61-63,73-81H,19-30,43-60H2,(H,91,100)(H,92,101)(H,93,102)(H,94,103)(H,95,104)(H,96,105)/t76-,77-,78-,79+,80+,81?/m1/s1. The van der Waals surface area contributed by atoms with E-state index in [4.69, 9.17) is 0 Å². The third kappa shape index (κ3) is 25.0. The maximum atomic E-state index is 14.8. The van der Waals surface area contributed by atoms with E-state index in [-0.39, 0.29) is 35.8 Å². The van der Waals surface area contributed by atoms with Gasteiger partial charge in [0, 0.05) is 52.9 Å². The summed E-state index contributed by atoms with van der Waals surface area (Å²) in [6, 6.07) is 62.1. The lowest BCUT2D eigenvalue weighted by molar-refractivity contribution is -0.129. The Bertz CT molecular complexity index is 3360. The number of hydrogen-bond acceptors (Lipinski definition) is 9. The first-order chi connectivity index (χ1) is 51.3. The average molecular weight is 1420 g/mol. The van der Waals surface area contributed by atoms with Crippen molar-refractivity contribution < 1.29 is 43.2 Å². The monoisotopic (exact) mass is 1420 g/mol. The number of aryl methyl sites for hydroxylation is 6. The van der Waals surface area contributed by atoms with Crippen molar-refractivity contribution in [1.82, 2.24) is 31.9 Å². The third-order valence-corrected chi connectivity index (χ3v) is 21.8. The Kier molecular flexibility index (Phi) is 31.0. The summed E-state index contributed by atoms with van der Waals surface area (Å²) < 4.78 is 0. The van der Waals surface area contributed by atoms with Crippen LogP contribution in [0.1, 0.15) is 219 Å². The van der Waals surface area contributed by atoms with Gasteiger partial charge in [0.15, 0.2) is 0 Å². The van der Waals surface area contributed by atoms with Crippen molar-refractivity contribution in [2.24, 2.45) is 17.8 Å². The summed E-state index contributed by atoms with van der Waals surface area (Å²) >= 11 is 0. The molecule has 0 aromatic heterocycles. The Labute approximate surface area is 621 Å². The van der Waals surface area contributed by atoms with Gasteiger partial charge >= 0.3 is 0 Å². The first kappa shape index (κ1) is 78.0. The molecule has 15 nitrogen and oxygen atoms in total. The Morgan fingerprint density at radius 3 is 0.657 bits per heavy atom. The molecule has 0 aliphatic heterocycles. The lowest BCUT2D eigenvalue weighted by Gasteiger charge is -2.32. The van der Waals surface area contributed by atoms with Crippen molar-refractivity contribution in [1.29, 1.82) is 0 Å². The van der Waals surface area contributed by atoms with Gasteiger partial charge in [-0.1, -0.05) is 221 Å². The summed E-state index contributed by atoms with van der Waals surface area (Å²) in [7, 11) is 0. The van der Waals surface area contributed by atoms with Gasteiger partial charge in [0.1, 0.15) is 0 Å². The molecule has 3 saturated carbocycles. The Hall–Kier alpha value is -9.63. The summed E-state index contributed by atoms with van der Waals surface area (Å²) in [5.41, 5.74) is 6.04. The van der Waals surface area contributed by atoms with Crippen LogP contribution in [0.2, 0.25) is 0 Å². The lowest BCUT2D eigenvalue weighted by Crippen LogP contribution is -2.52. The highest BCUT2D eigenvalue weighted by molar-refractivity contribution is 6.47. The predicted molar refractivity (Wildman–Crippen MR) is 413 cm³/mol. The van der Waals surface area contributed by atoms with Gasteiger partial charge in [-0.3, -0.25) is 43.2 Å². The zero-order valence-electron chi connectivity index (χ0n) is 61.1. The maximum absolute atomic E-state index is 14.8. The van der Waals surface area contributed by atoms with Gasteiger partial charge in [-0.15, -0.1) is 0 Å². The topological polar surface area (TPSA) is 226 Å². The van der Waals surface area contributed by atoms with Crippen molar-refractivity contribution in [2.45, 2.75) is 229 Å². The molecule has 6 amide bonds. The first-order valence-corrected chi connectivity index (χ1v) is 39.2. The van der Waals surface area contributed by atoms with Crippen LogP contribution in [-0.4, -0.2) is 89.0 Å². The summed E-state index contributed by atoms with van der Waals surface area (Å²) in [5.74, 6) is -9.27. The van der Waals surface area contributed by atoms with E-state index in [2.05, 4.69) is 105 Å². The number of nitrogens with one attached hydrogen (secondary N) is 6. The normalized spacial score (nSPS) is 18.0. The highest BCUT2D eigenvalue weighted by atomic mass is 16.2. The summed E-state index contributed by atoms with van der Waals surface area (Å²) in [6.07, 6.45) is 21.6. The van der Waals surface area contributed by atoms with Crippen LogP contribution in [0.5, 0.6) is 0 Å². The van der Waals surface area contributed by atoms with Crippen molar-refractivity contribution in [2.75, 3.05) is 0 Å². The maximum Gasteiger partial charge on any atom is 0.292 e. The van der Waals surface area contributed by atoms with E-state index >= 15 is 0 Å². The lowest BCUT2D eigenvalue weighted by atomic mass is 9.83. The van der Waals surface area contributed by atoms with Crippen LogP contribution in [0.25, 0.3) is 0 Å². The van der Waals surface area contributed by atoms with E-state index in [0.717, 1.165) is 153 Å². The van der Waals surface area contributed by atoms with Crippen molar-refractivity contribution in [3.8, 4) is 0 Å². The molecule has 6 atom stereocenters. The van der Waals surface area contributed by atoms with Gasteiger partial charge in [0.05, 0.1) is 17.8 Å². The van der Waals surface area contributed by atoms with E-state index in [1.54, 1.807) is 0 Å². The molecule has 0 heterocycles. The largest absolute Gasteiger partial charge is 0.353 e. The van der Waals surface area contributed by atoms with Crippen molar-refractivity contribution >= 4 is 52.8 Å². The zero-order valence-corrected chi connectivity index (χ0v) is 61.1. The Balaban J connectivity index is 0.854. The molecule has 105 heavy (non-hydrogen) atoms. The van der Waals surface area contributed by atoms with Crippen molar-refractivity contribution in [3.63, 3.8) is 0 Å². The van der Waals surface area contributed by atoms with Crippen LogP contribution >= 0.6 is 0 Å². The van der Waals surface area contributed by atoms with Crippen LogP contribution in [-0.2, 0) is 67.3 Å². The highest BCUT2D eigenvalue weighted by Crippen LogP contribution is 2.30. The fourth-order valence-electron chi connectivity index (χ4n) is 15.9. The van der Waals surface area contributed by atoms with Gasteiger partial charge in [-0.25, -0.2) is 0 Å². The predicted octanol–water partition coefficient (Wildman–Crippen LogP) is 14.9. The van der Waals surface area contributed by atoms with Crippen LogP contribution < -0.4 is 31.9 Å². The Morgan fingerprint density at radius 2 is 0.457 bits per heavy atom. The second-order valence-electron chi connectivity index (χ2n) is 29.6. The molecule has 7 aromatic carbocycles. The molecule has 0 spiro atoms. The average Bonchev–Trinajstić information content (AvgIpc) is 0.801. The van der Waals surface area contributed by atoms with Gasteiger partial charge in [0.2, 0.25) is 35.1 Å². The molecule has 7 aromatic rings. The van der Waals surface area contributed by atoms with E-state index in [1.165, 1.54) is 33.4 Å². The van der Waals surface area contributed by atoms with Gasteiger partial charge < -0.3 is 31.9 Å². The van der Waals surface area contributed by atoms with Crippen molar-refractivity contribution in [3.05, 3.63) is 250 Å². The quantitative estimate of drug-likeness (QED) is 0.0159. The second kappa shape index (κ2) is 41.8. The molecule has 1 unspecified atom stereocenters. The first-order valence-electron chi connectivity index (χ1n) is 39.2. The summed E-state index contributed by atoms with van der Waals surface area (Å²) in [6.45, 7) is 0.